The molecule has 0 spiro atoms. The van der Waals surface area contributed by atoms with Gasteiger partial charge in [0.15, 0.2) is 11.5 Å². The first-order valence-electron chi connectivity index (χ1n) is 10.00. The van der Waals surface area contributed by atoms with Gasteiger partial charge in [-0.25, -0.2) is 0 Å². The molecule has 0 atom stereocenters. The second-order valence-electron chi connectivity index (χ2n) is 7.24. The Morgan fingerprint density at radius 2 is 1.62 bits per heavy atom. The van der Waals surface area contributed by atoms with Gasteiger partial charge in [-0.15, -0.1) is 0 Å². The highest BCUT2D eigenvalue weighted by atomic mass is 19.2. The molecule has 0 amide bonds. The van der Waals surface area contributed by atoms with E-state index in [0.717, 1.165) is 38.0 Å². The van der Waals surface area contributed by atoms with Crippen molar-refractivity contribution < 1.29 is 18.3 Å². The maximum Gasteiger partial charge on any atom is 0.204 e. The van der Waals surface area contributed by atoms with Crippen molar-refractivity contribution in [3.8, 4) is 11.5 Å². The van der Waals surface area contributed by atoms with Gasteiger partial charge in [0.25, 0.3) is 0 Å². The second kappa shape index (κ2) is 11.2. The number of hydrogen-bond donors (Lipinski definition) is 0. The van der Waals surface area contributed by atoms with Crippen LogP contribution in [0.15, 0.2) is 24.3 Å². The topological polar surface area (TPSA) is 18.5 Å². The highest BCUT2D eigenvalue weighted by Crippen LogP contribution is 2.33. The third-order valence-corrected chi connectivity index (χ3v) is 5.19. The van der Waals surface area contributed by atoms with Gasteiger partial charge in [-0.2, -0.15) is 8.78 Å². The number of allylic oxidation sites excluding steroid dienone is 2. The predicted molar refractivity (Wildman–Crippen MR) is 102 cm³/mol. The van der Waals surface area contributed by atoms with Gasteiger partial charge >= 0.3 is 0 Å². The van der Waals surface area contributed by atoms with Crippen LogP contribution in [0.3, 0.4) is 0 Å². The number of benzene rings is 1. The van der Waals surface area contributed by atoms with Gasteiger partial charge in [0.2, 0.25) is 11.6 Å². The van der Waals surface area contributed by atoms with Crippen molar-refractivity contribution in [3.63, 3.8) is 0 Å². The maximum absolute atomic E-state index is 14.2. The van der Waals surface area contributed by atoms with E-state index in [9.17, 15) is 8.78 Å². The average Bonchev–Trinajstić information content (AvgIpc) is 2.66. The van der Waals surface area contributed by atoms with Gasteiger partial charge in [0, 0.05) is 0 Å². The molecular weight excluding hydrogens is 334 g/mol. The summed E-state index contributed by atoms with van der Waals surface area (Å²) in [6.07, 6.45) is 13.1. The molecule has 0 radical (unpaired) electrons. The van der Waals surface area contributed by atoms with Crippen molar-refractivity contribution in [2.75, 3.05) is 13.2 Å². The molecule has 1 aromatic rings. The molecule has 2 nitrogen and oxygen atoms in total. The molecule has 1 saturated carbocycles. The van der Waals surface area contributed by atoms with Crippen molar-refractivity contribution in [2.45, 2.75) is 65.2 Å². The van der Waals surface area contributed by atoms with Crippen molar-refractivity contribution in [2.24, 2.45) is 11.8 Å². The third kappa shape index (κ3) is 6.30. The van der Waals surface area contributed by atoms with Gasteiger partial charge in [0.1, 0.15) is 0 Å². The molecule has 1 aliphatic rings. The van der Waals surface area contributed by atoms with E-state index in [1.165, 1.54) is 31.4 Å². The van der Waals surface area contributed by atoms with E-state index in [-0.39, 0.29) is 11.5 Å². The summed E-state index contributed by atoms with van der Waals surface area (Å²) in [5, 5.41) is 0. The Labute approximate surface area is 156 Å². The fraction of sp³-hybridized carbons (Fsp3) is 0.636. The lowest BCUT2D eigenvalue weighted by Crippen LogP contribution is -2.20. The molecule has 2 rings (SSSR count). The quantitative estimate of drug-likeness (QED) is 0.339. The first-order chi connectivity index (χ1) is 12.7. The van der Waals surface area contributed by atoms with Crippen molar-refractivity contribution >= 4 is 0 Å². The lowest BCUT2D eigenvalue weighted by Gasteiger charge is -2.28. The molecule has 0 aliphatic heterocycles. The van der Waals surface area contributed by atoms with Gasteiger partial charge in [0.05, 0.1) is 13.2 Å². The largest absolute Gasteiger partial charge is 0.490 e. The zero-order valence-electron chi connectivity index (χ0n) is 16.1. The summed E-state index contributed by atoms with van der Waals surface area (Å²) in [4.78, 5) is 0. The lowest BCUT2D eigenvalue weighted by atomic mass is 9.80. The summed E-state index contributed by atoms with van der Waals surface area (Å²) < 4.78 is 39.1. The number of halogens is 2. The van der Waals surface area contributed by atoms with E-state index in [4.69, 9.17) is 9.47 Å². The van der Waals surface area contributed by atoms with E-state index in [1.54, 1.807) is 0 Å². The van der Waals surface area contributed by atoms with Crippen LogP contribution in [0.2, 0.25) is 0 Å². The van der Waals surface area contributed by atoms with Crippen molar-refractivity contribution in [1.29, 1.82) is 0 Å². The predicted octanol–water partition coefficient (Wildman–Crippen LogP) is 6.69. The Bertz CT molecular complexity index is 564. The van der Waals surface area contributed by atoms with Crippen LogP contribution in [0.25, 0.3) is 0 Å². The third-order valence-electron chi connectivity index (χ3n) is 5.19. The van der Waals surface area contributed by atoms with E-state index in [1.807, 2.05) is 6.92 Å². The number of ether oxygens (including phenoxy) is 2. The van der Waals surface area contributed by atoms with Crippen LogP contribution in [-0.4, -0.2) is 13.2 Å². The summed E-state index contributed by atoms with van der Waals surface area (Å²) in [7, 11) is 0. The first-order valence-corrected chi connectivity index (χ1v) is 10.00. The summed E-state index contributed by atoms with van der Waals surface area (Å²) in [5.74, 6) is -0.733. The van der Waals surface area contributed by atoms with Gasteiger partial charge < -0.3 is 9.47 Å². The van der Waals surface area contributed by atoms with Crippen LogP contribution in [0.5, 0.6) is 11.5 Å². The van der Waals surface area contributed by atoms with E-state index >= 15 is 0 Å². The minimum atomic E-state index is -0.953. The molecule has 1 fully saturated rings. The molecule has 1 aliphatic carbocycles. The summed E-state index contributed by atoms with van der Waals surface area (Å²) >= 11 is 0. The number of unbranched alkanes of at least 4 members (excludes halogenated alkanes) is 1. The zero-order valence-corrected chi connectivity index (χ0v) is 16.1. The fourth-order valence-electron chi connectivity index (χ4n) is 3.46. The van der Waals surface area contributed by atoms with Gasteiger partial charge in [-0.3, -0.25) is 0 Å². The van der Waals surface area contributed by atoms with Crippen LogP contribution in [0.1, 0.15) is 65.2 Å². The molecule has 0 heterocycles. The molecule has 26 heavy (non-hydrogen) atoms. The Morgan fingerprint density at radius 3 is 2.23 bits per heavy atom. The first kappa shape index (κ1) is 20.7. The molecule has 0 unspecified atom stereocenters. The van der Waals surface area contributed by atoms with Crippen LogP contribution in [-0.2, 0) is 0 Å². The van der Waals surface area contributed by atoms with Crippen LogP contribution in [0.4, 0.5) is 8.78 Å². The van der Waals surface area contributed by atoms with E-state index < -0.39 is 11.6 Å². The Kier molecular flexibility index (Phi) is 8.93. The maximum atomic E-state index is 14.2. The monoisotopic (exact) mass is 366 g/mol. The molecule has 0 saturated heterocycles. The molecule has 4 heteroatoms. The van der Waals surface area contributed by atoms with Gasteiger partial charge in [-0.05, 0) is 63.0 Å². The normalized spacial score (nSPS) is 20.5. The second-order valence-corrected chi connectivity index (χ2v) is 7.24. The highest BCUT2D eigenvalue weighted by molar-refractivity contribution is 5.35. The molecule has 0 N–H and O–H groups in total. The fourth-order valence-corrected chi connectivity index (χ4v) is 3.46. The van der Waals surface area contributed by atoms with Crippen LogP contribution in [0, 0.1) is 23.5 Å². The standard InChI is InChI=1S/C22H32F2O2/c1-3-5-7-8-17-9-11-18(12-10-17)16-26-20-14-13-19(21(23)22(20)24)25-15-6-4-2/h3,5,13-14,17-18H,4,6-12,15-16H2,1-2H3. The number of rotatable bonds is 10. The smallest absolute Gasteiger partial charge is 0.204 e. The summed E-state index contributed by atoms with van der Waals surface area (Å²) in [6, 6.07) is 2.93. The molecule has 1 aromatic carbocycles. The van der Waals surface area contributed by atoms with Crippen LogP contribution < -0.4 is 9.47 Å². The van der Waals surface area contributed by atoms with Crippen molar-refractivity contribution in [1.82, 2.24) is 0 Å². The van der Waals surface area contributed by atoms with E-state index in [2.05, 4.69) is 19.1 Å². The molecule has 146 valence electrons. The van der Waals surface area contributed by atoms with Crippen molar-refractivity contribution in [3.05, 3.63) is 35.9 Å². The minimum Gasteiger partial charge on any atom is -0.490 e. The Balaban J connectivity index is 1.78. The average molecular weight is 366 g/mol. The lowest BCUT2D eigenvalue weighted by molar-refractivity contribution is 0.173. The highest BCUT2D eigenvalue weighted by Gasteiger charge is 2.22. The summed E-state index contributed by atoms with van der Waals surface area (Å²) in [5.41, 5.74) is 0. The zero-order chi connectivity index (χ0) is 18.8. The molecular formula is C22H32F2O2. The minimum absolute atomic E-state index is 0.0134. The Hall–Kier alpha value is -1.58. The van der Waals surface area contributed by atoms with E-state index in [0.29, 0.717) is 19.1 Å². The Morgan fingerprint density at radius 1 is 1.00 bits per heavy atom. The number of hydrogen-bond acceptors (Lipinski definition) is 2. The van der Waals surface area contributed by atoms with Crippen LogP contribution >= 0.6 is 0 Å². The molecule has 0 aromatic heterocycles. The molecule has 0 bridgehead atoms. The van der Waals surface area contributed by atoms with Gasteiger partial charge in [-0.1, -0.05) is 38.3 Å². The summed E-state index contributed by atoms with van der Waals surface area (Å²) in [6.45, 7) is 4.92. The SMILES string of the molecule is CC=CCCC1CCC(COc2ccc(OCCCC)c(F)c2F)CC1.